The minimum absolute atomic E-state index is 0.296. The first kappa shape index (κ1) is 14.5. The van der Waals surface area contributed by atoms with Crippen LogP contribution in [-0.2, 0) is 10.0 Å². The van der Waals surface area contributed by atoms with Gasteiger partial charge in [-0.1, -0.05) is 13.8 Å². The number of piperazine rings is 1. The maximum absolute atomic E-state index is 12.4. The van der Waals surface area contributed by atoms with Crippen molar-refractivity contribution in [3.05, 3.63) is 11.9 Å². The van der Waals surface area contributed by atoms with Crippen LogP contribution in [0, 0.1) is 12.8 Å². The monoisotopic (exact) mass is 286 g/mol. The molecule has 0 saturated carbocycles. The average Bonchev–Trinajstić information content (AvgIpc) is 2.76. The Morgan fingerprint density at radius 1 is 1.32 bits per heavy atom. The first-order chi connectivity index (χ1) is 8.91. The smallest absolute Gasteiger partial charge is 0.246 e. The van der Waals surface area contributed by atoms with Gasteiger partial charge >= 0.3 is 0 Å². The molecule has 0 unspecified atom stereocenters. The number of H-pyrrole nitrogens is 1. The molecule has 6 nitrogen and oxygen atoms in total. The zero-order valence-electron chi connectivity index (χ0n) is 11.8. The topological polar surface area (TPSA) is 69.3 Å². The van der Waals surface area contributed by atoms with Crippen molar-refractivity contribution in [1.29, 1.82) is 0 Å². The summed E-state index contributed by atoms with van der Waals surface area (Å²) < 4.78 is 26.4. The number of nitrogens with zero attached hydrogens (tertiary/aromatic N) is 3. The minimum Gasteiger partial charge on any atom is -0.300 e. The lowest BCUT2D eigenvalue weighted by Gasteiger charge is -2.34. The van der Waals surface area contributed by atoms with Crippen LogP contribution in [0.1, 0.15) is 19.5 Å². The van der Waals surface area contributed by atoms with E-state index in [9.17, 15) is 8.42 Å². The highest BCUT2D eigenvalue weighted by atomic mass is 32.2. The van der Waals surface area contributed by atoms with E-state index in [0.717, 1.165) is 19.6 Å². The van der Waals surface area contributed by atoms with Crippen LogP contribution < -0.4 is 0 Å². The molecule has 0 aromatic carbocycles. The fourth-order valence-corrected chi connectivity index (χ4v) is 3.95. The van der Waals surface area contributed by atoms with E-state index < -0.39 is 10.0 Å². The second-order valence-corrected chi connectivity index (χ2v) is 7.36. The largest absolute Gasteiger partial charge is 0.300 e. The number of aryl methyl sites for hydroxylation is 1. The second kappa shape index (κ2) is 5.60. The molecule has 1 saturated heterocycles. The molecule has 1 N–H and O–H groups in total. The molecular weight excluding hydrogens is 264 g/mol. The third-order valence-electron chi connectivity index (χ3n) is 3.36. The van der Waals surface area contributed by atoms with Gasteiger partial charge in [0.05, 0.1) is 11.9 Å². The van der Waals surface area contributed by atoms with Gasteiger partial charge in [0.2, 0.25) is 10.0 Å². The Bertz CT molecular complexity index is 516. The zero-order chi connectivity index (χ0) is 14.0. The summed E-state index contributed by atoms with van der Waals surface area (Å²) in [5, 5.41) is 6.48. The van der Waals surface area contributed by atoms with Gasteiger partial charge in [-0.25, -0.2) is 8.42 Å². The van der Waals surface area contributed by atoms with E-state index in [-0.39, 0.29) is 0 Å². The molecule has 1 aliphatic rings. The van der Waals surface area contributed by atoms with Gasteiger partial charge in [0.25, 0.3) is 0 Å². The molecular formula is C12H22N4O2S. The number of sulfonamides is 1. The molecule has 0 atom stereocenters. The predicted octanol–water partition coefficient (Wildman–Crippen LogP) is 0.680. The lowest BCUT2D eigenvalue weighted by Crippen LogP contribution is -2.49. The highest BCUT2D eigenvalue weighted by molar-refractivity contribution is 7.89. The number of hydrogen-bond acceptors (Lipinski definition) is 4. The summed E-state index contributed by atoms with van der Waals surface area (Å²) in [5.41, 5.74) is 0.601. The minimum atomic E-state index is -3.39. The van der Waals surface area contributed by atoms with Gasteiger partial charge in [0.1, 0.15) is 4.90 Å². The van der Waals surface area contributed by atoms with Crippen molar-refractivity contribution in [2.24, 2.45) is 5.92 Å². The van der Waals surface area contributed by atoms with Gasteiger partial charge in [-0.15, -0.1) is 0 Å². The predicted molar refractivity (Wildman–Crippen MR) is 73.4 cm³/mol. The Labute approximate surface area is 114 Å². The van der Waals surface area contributed by atoms with Crippen LogP contribution in [0.15, 0.2) is 11.1 Å². The normalized spacial score (nSPS) is 19.2. The fraction of sp³-hybridized carbons (Fsp3) is 0.750. The summed E-state index contributed by atoms with van der Waals surface area (Å²) in [4.78, 5) is 2.61. The number of hydrogen-bond donors (Lipinski definition) is 1. The summed E-state index contributed by atoms with van der Waals surface area (Å²) in [5.74, 6) is 0.610. The van der Waals surface area contributed by atoms with E-state index in [0.29, 0.717) is 29.6 Å². The Balaban J connectivity index is 2.04. The lowest BCUT2D eigenvalue weighted by molar-refractivity contribution is 0.172. The van der Waals surface area contributed by atoms with Crippen LogP contribution in [0.4, 0.5) is 0 Å². The molecule has 1 aromatic rings. The first-order valence-corrected chi connectivity index (χ1v) is 8.07. The summed E-state index contributed by atoms with van der Waals surface area (Å²) in [6.45, 7) is 9.82. The maximum Gasteiger partial charge on any atom is 0.246 e. The standard InChI is InChI=1S/C12H22N4O2S/c1-10(2)9-15-4-6-16(7-5-15)19(17,18)12-8-13-14-11(12)3/h8,10H,4-7,9H2,1-3H3,(H,13,14). The van der Waals surface area contributed by atoms with Gasteiger partial charge in [-0.3, -0.25) is 5.10 Å². The van der Waals surface area contributed by atoms with Gasteiger partial charge < -0.3 is 4.90 Å². The molecule has 2 rings (SSSR count). The fourth-order valence-electron chi connectivity index (χ4n) is 2.41. The number of nitrogens with one attached hydrogen (secondary N) is 1. The van der Waals surface area contributed by atoms with Gasteiger partial charge in [-0.2, -0.15) is 9.40 Å². The van der Waals surface area contributed by atoms with E-state index >= 15 is 0 Å². The van der Waals surface area contributed by atoms with Crippen molar-refractivity contribution in [2.75, 3.05) is 32.7 Å². The van der Waals surface area contributed by atoms with E-state index in [1.54, 1.807) is 11.2 Å². The molecule has 0 aliphatic carbocycles. The molecule has 0 bridgehead atoms. The van der Waals surface area contributed by atoms with Gasteiger partial charge in [0.15, 0.2) is 0 Å². The van der Waals surface area contributed by atoms with Crippen molar-refractivity contribution in [3.63, 3.8) is 0 Å². The van der Waals surface area contributed by atoms with Crippen LogP contribution in [0.2, 0.25) is 0 Å². The molecule has 108 valence electrons. The van der Waals surface area contributed by atoms with Crippen molar-refractivity contribution in [3.8, 4) is 0 Å². The van der Waals surface area contributed by atoms with Crippen LogP contribution in [0.25, 0.3) is 0 Å². The Kier molecular flexibility index (Phi) is 4.27. The molecule has 1 fully saturated rings. The Hall–Kier alpha value is -0.920. The van der Waals surface area contributed by atoms with Crippen molar-refractivity contribution in [2.45, 2.75) is 25.7 Å². The van der Waals surface area contributed by atoms with Crippen molar-refractivity contribution in [1.82, 2.24) is 19.4 Å². The summed E-state index contributed by atoms with van der Waals surface area (Å²) >= 11 is 0. The van der Waals surface area contributed by atoms with Gasteiger partial charge in [0, 0.05) is 32.7 Å². The summed E-state index contributed by atoms with van der Waals surface area (Å²) in [6.07, 6.45) is 1.39. The molecule has 7 heteroatoms. The van der Waals surface area contributed by atoms with Crippen molar-refractivity contribution >= 4 is 10.0 Å². The number of aromatic amines is 1. The van der Waals surface area contributed by atoms with E-state index in [2.05, 4.69) is 28.9 Å². The number of rotatable bonds is 4. The van der Waals surface area contributed by atoms with E-state index in [1.165, 1.54) is 6.20 Å². The third-order valence-corrected chi connectivity index (χ3v) is 5.37. The molecule has 0 spiro atoms. The average molecular weight is 286 g/mol. The number of aromatic nitrogens is 2. The molecule has 1 aliphatic heterocycles. The van der Waals surface area contributed by atoms with E-state index in [1.807, 2.05) is 0 Å². The lowest BCUT2D eigenvalue weighted by atomic mass is 10.2. The van der Waals surface area contributed by atoms with Crippen LogP contribution in [-0.4, -0.2) is 60.5 Å². The highest BCUT2D eigenvalue weighted by Gasteiger charge is 2.30. The maximum atomic E-state index is 12.4. The molecule has 1 aromatic heterocycles. The van der Waals surface area contributed by atoms with Crippen LogP contribution in [0.3, 0.4) is 0 Å². The van der Waals surface area contributed by atoms with Crippen LogP contribution in [0.5, 0.6) is 0 Å². The highest BCUT2D eigenvalue weighted by Crippen LogP contribution is 2.19. The second-order valence-electron chi connectivity index (χ2n) is 5.46. The van der Waals surface area contributed by atoms with Crippen LogP contribution >= 0.6 is 0 Å². The molecule has 0 amide bonds. The van der Waals surface area contributed by atoms with E-state index in [4.69, 9.17) is 0 Å². The summed E-state index contributed by atoms with van der Waals surface area (Å²) in [7, 11) is -3.39. The van der Waals surface area contributed by atoms with Crippen molar-refractivity contribution < 1.29 is 8.42 Å². The van der Waals surface area contributed by atoms with Gasteiger partial charge in [-0.05, 0) is 12.8 Å². The molecule has 2 heterocycles. The Morgan fingerprint density at radius 2 is 1.95 bits per heavy atom. The molecule has 0 radical (unpaired) electrons. The SMILES string of the molecule is Cc1[nH]ncc1S(=O)(=O)N1CCN(CC(C)C)CC1. The summed E-state index contributed by atoms with van der Waals surface area (Å²) in [6, 6.07) is 0. The quantitative estimate of drug-likeness (QED) is 0.884. The zero-order valence-corrected chi connectivity index (χ0v) is 12.6. The first-order valence-electron chi connectivity index (χ1n) is 6.63. The third kappa shape index (κ3) is 3.16. The molecule has 19 heavy (non-hydrogen) atoms. The Morgan fingerprint density at radius 3 is 2.42 bits per heavy atom.